The summed E-state index contributed by atoms with van der Waals surface area (Å²) in [5, 5.41) is 0. The van der Waals surface area contributed by atoms with Crippen LogP contribution in [0.5, 0.6) is 0 Å². The van der Waals surface area contributed by atoms with Crippen molar-refractivity contribution in [2.75, 3.05) is 0 Å². The molecule has 1 aromatic rings. The highest BCUT2D eigenvalue weighted by Gasteiger charge is 2.20. The van der Waals surface area contributed by atoms with E-state index < -0.39 is 0 Å². The van der Waals surface area contributed by atoms with Crippen LogP contribution in [-0.2, 0) is 12.8 Å². The molecule has 16 heavy (non-hydrogen) atoms. The van der Waals surface area contributed by atoms with Gasteiger partial charge in [0, 0.05) is 17.4 Å². The van der Waals surface area contributed by atoms with Crippen molar-refractivity contribution in [2.24, 2.45) is 0 Å². The van der Waals surface area contributed by atoms with Gasteiger partial charge in [0.2, 0.25) is 0 Å². The molecule has 1 heteroatoms. The summed E-state index contributed by atoms with van der Waals surface area (Å²) in [5.41, 5.74) is 3.19. The lowest BCUT2D eigenvalue weighted by atomic mass is 9.99. The summed E-state index contributed by atoms with van der Waals surface area (Å²) in [5.74, 6) is 0. The number of aryl methyl sites for hydroxylation is 2. The number of aromatic nitrogens is 1. The van der Waals surface area contributed by atoms with E-state index in [1.54, 1.807) is 11.4 Å². The molecule has 0 unspecified atom stereocenters. The van der Waals surface area contributed by atoms with E-state index in [2.05, 4.69) is 30.5 Å². The fourth-order valence-electron chi connectivity index (χ4n) is 3.03. The molecule has 0 radical (unpaired) electrons. The molecule has 2 heterocycles. The van der Waals surface area contributed by atoms with Crippen LogP contribution in [-0.4, -0.2) is 4.57 Å². The monoisotopic (exact) mass is 219 g/mol. The highest BCUT2D eigenvalue weighted by atomic mass is 15.0. The quantitative estimate of drug-likeness (QED) is 0.686. The van der Waals surface area contributed by atoms with Crippen LogP contribution >= 0.6 is 0 Å². The topological polar surface area (TPSA) is 4.93 Å². The Morgan fingerprint density at radius 1 is 1.25 bits per heavy atom. The molecule has 1 aromatic heterocycles. The Kier molecular flexibility index (Phi) is 4.09. The van der Waals surface area contributed by atoms with Crippen molar-refractivity contribution in [1.82, 2.24) is 4.57 Å². The highest BCUT2D eigenvalue weighted by Crippen LogP contribution is 2.31. The van der Waals surface area contributed by atoms with Crippen LogP contribution in [0.4, 0.5) is 0 Å². The third kappa shape index (κ3) is 2.34. The zero-order valence-electron chi connectivity index (χ0n) is 10.8. The Balaban J connectivity index is 2.18. The molecule has 90 valence electrons. The SMILES string of the molecule is CCCCc1ccc2n1[C@H](CCC)CCC2. The van der Waals surface area contributed by atoms with Gasteiger partial charge in [0.1, 0.15) is 0 Å². The standard InChI is InChI=1S/C15H25N/c1-3-5-8-14-11-12-15-10-6-9-13(7-4-2)16(14)15/h11-13H,3-10H2,1-2H3/t13-/m1/s1. The summed E-state index contributed by atoms with van der Waals surface area (Å²) >= 11 is 0. The normalized spacial score (nSPS) is 19.8. The number of unbranched alkanes of at least 4 members (excludes halogenated alkanes) is 1. The Morgan fingerprint density at radius 2 is 2.12 bits per heavy atom. The molecular formula is C15H25N. The van der Waals surface area contributed by atoms with Crippen molar-refractivity contribution < 1.29 is 0 Å². The van der Waals surface area contributed by atoms with E-state index in [1.165, 1.54) is 51.4 Å². The molecule has 1 aliphatic rings. The van der Waals surface area contributed by atoms with E-state index in [-0.39, 0.29) is 0 Å². The number of hydrogen-bond donors (Lipinski definition) is 0. The van der Waals surface area contributed by atoms with Gasteiger partial charge in [0.15, 0.2) is 0 Å². The zero-order valence-corrected chi connectivity index (χ0v) is 10.8. The van der Waals surface area contributed by atoms with Crippen molar-refractivity contribution in [1.29, 1.82) is 0 Å². The van der Waals surface area contributed by atoms with Crippen LogP contribution < -0.4 is 0 Å². The van der Waals surface area contributed by atoms with Gasteiger partial charge in [0.05, 0.1) is 0 Å². The van der Waals surface area contributed by atoms with Gasteiger partial charge >= 0.3 is 0 Å². The summed E-state index contributed by atoms with van der Waals surface area (Å²) in [6.07, 6.45) is 10.7. The average molecular weight is 219 g/mol. The summed E-state index contributed by atoms with van der Waals surface area (Å²) in [6, 6.07) is 5.54. The maximum absolute atomic E-state index is 2.67. The molecule has 0 aromatic carbocycles. The third-order valence-corrected chi connectivity index (χ3v) is 3.83. The fraction of sp³-hybridized carbons (Fsp3) is 0.733. The second-order valence-electron chi connectivity index (χ2n) is 5.12. The lowest BCUT2D eigenvalue weighted by Gasteiger charge is -2.28. The van der Waals surface area contributed by atoms with Crippen LogP contribution in [0, 0.1) is 0 Å². The highest BCUT2D eigenvalue weighted by molar-refractivity contribution is 5.20. The van der Waals surface area contributed by atoms with Crippen LogP contribution in [0.2, 0.25) is 0 Å². The van der Waals surface area contributed by atoms with Gasteiger partial charge in [-0.25, -0.2) is 0 Å². The molecule has 0 N–H and O–H groups in total. The van der Waals surface area contributed by atoms with E-state index in [0.717, 1.165) is 6.04 Å². The first-order chi connectivity index (χ1) is 7.86. The van der Waals surface area contributed by atoms with Gasteiger partial charge in [-0.2, -0.15) is 0 Å². The van der Waals surface area contributed by atoms with Gasteiger partial charge in [-0.05, 0) is 50.7 Å². The fourth-order valence-corrected chi connectivity index (χ4v) is 3.03. The molecule has 0 bridgehead atoms. The molecule has 0 saturated heterocycles. The molecule has 1 atom stereocenters. The first-order valence-corrected chi connectivity index (χ1v) is 7.05. The first-order valence-electron chi connectivity index (χ1n) is 7.05. The van der Waals surface area contributed by atoms with Gasteiger partial charge < -0.3 is 4.57 Å². The van der Waals surface area contributed by atoms with E-state index in [1.807, 2.05) is 0 Å². The lowest BCUT2D eigenvalue weighted by molar-refractivity contribution is 0.366. The minimum atomic E-state index is 0.801. The molecular weight excluding hydrogens is 194 g/mol. The summed E-state index contributed by atoms with van der Waals surface area (Å²) < 4.78 is 2.67. The van der Waals surface area contributed by atoms with Crippen LogP contribution in [0.15, 0.2) is 12.1 Å². The predicted octanol–water partition coefficient (Wildman–Crippen LogP) is 4.51. The molecule has 2 rings (SSSR count). The molecule has 0 spiro atoms. The molecule has 0 aliphatic carbocycles. The molecule has 0 amide bonds. The van der Waals surface area contributed by atoms with Crippen molar-refractivity contribution in [3.05, 3.63) is 23.5 Å². The van der Waals surface area contributed by atoms with Crippen LogP contribution in [0.3, 0.4) is 0 Å². The maximum Gasteiger partial charge on any atom is 0.0336 e. The maximum atomic E-state index is 2.67. The first kappa shape index (κ1) is 11.8. The van der Waals surface area contributed by atoms with E-state index in [0.29, 0.717) is 0 Å². The number of fused-ring (bicyclic) bond motifs is 1. The van der Waals surface area contributed by atoms with Gasteiger partial charge in [-0.15, -0.1) is 0 Å². The van der Waals surface area contributed by atoms with Crippen molar-refractivity contribution >= 4 is 0 Å². The number of rotatable bonds is 5. The van der Waals surface area contributed by atoms with Crippen LogP contribution in [0.25, 0.3) is 0 Å². The molecule has 0 fully saturated rings. The Morgan fingerprint density at radius 3 is 2.88 bits per heavy atom. The Hall–Kier alpha value is -0.720. The Bertz CT molecular complexity index is 324. The van der Waals surface area contributed by atoms with Gasteiger partial charge in [0.25, 0.3) is 0 Å². The van der Waals surface area contributed by atoms with Crippen LogP contribution in [0.1, 0.15) is 69.8 Å². The van der Waals surface area contributed by atoms with E-state index in [9.17, 15) is 0 Å². The molecule has 1 nitrogen and oxygen atoms in total. The minimum absolute atomic E-state index is 0.801. The zero-order chi connectivity index (χ0) is 11.4. The average Bonchev–Trinajstić information content (AvgIpc) is 2.71. The van der Waals surface area contributed by atoms with E-state index >= 15 is 0 Å². The second kappa shape index (κ2) is 5.56. The summed E-state index contributed by atoms with van der Waals surface area (Å²) in [6.45, 7) is 4.59. The lowest BCUT2D eigenvalue weighted by Crippen LogP contribution is -2.19. The molecule has 1 aliphatic heterocycles. The minimum Gasteiger partial charge on any atom is -0.346 e. The van der Waals surface area contributed by atoms with Gasteiger partial charge in [-0.1, -0.05) is 26.7 Å². The van der Waals surface area contributed by atoms with Crippen molar-refractivity contribution in [3.63, 3.8) is 0 Å². The van der Waals surface area contributed by atoms with Gasteiger partial charge in [-0.3, -0.25) is 0 Å². The second-order valence-corrected chi connectivity index (χ2v) is 5.12. The third-order valence-electron chi connectivity index (χ3n) is 3.83. The van der Waals surface area contributed by atoms with Crippen molar-refractivity contribution in [3.8, 4) is 0 Å². The van der Waals surface area contributed by atoms with Crippen molar-refractivity contribution in [2.45, 2.75) is 71.3 Å². The number of nitrogens with zero attached hydrogens (tertiary/aromatic N) is 1. The number of hydrogen-bond acceptors (Lipinski definition) is 0. The largest absolute Gasteiger partial charge is 0.346 e. The summed E-state index contributed by atoms with van der Waals surface area (Å²) in [7, 11) is 0. The predicted molar refractivity (Wildman–Crippen MR) is 69.9 cm³/mol. The molecule has 0 saturated carbocycles. The van der Waals surface area contributed by atoms with E-state index in [4.69, 9.17) is 0 Å². The summed E-state index contributed by atoms with van der Waals surface area (Å²) in [4.78, 5) is 0. The Labute approximate surface area is 99.9 Å². The smallest absolute Gasteiger partial charge is 0.0336 e.